The van der Waals surface area contributed by atoms with Crippen molar-refractivity contribution >= 4 is 23.4 Å². The molecule has 4 nitrogen and oxygen atoms in total. The second-order valence-electron chi connectivity index (χ2n) is 4.92. The minimum atomic E-state index is -0.924. The van der Waals surface area contributed by atoms with Crippen molar-refractivity contribution in [2.75, 3.05) is 7.05 Å². The highest BCUT2D eigenvalue weighted by molar-refractivity contribution is 7.12. The van der Waals surface area contributed by atoms with E-state index in [-0.39, 0.29) is 0 Å². The van der Waals surface area contributed by atoms with Crippen LogP contribution in [0.4, 0.5) is 0 Å². The number of aromatic nitrogens is 1. The minimum Gasteiger partial charge on any atom is -0.478 e. The van der Waals surface area contributed by atoms with Gasteiger partial charge in [0.05, 0.1) is 5.69 Å². The maximum absolute atomic E-state index is 10.5. The Bertz CT molecular complexity index is 649. The average Bonchev–Trinajstić information content (AvgIpc) is 2.83. The zero-order chi connectivity index (χ0) is 15.2. The van der Waals surface area contributed by atoms with Crippen LogP contribution in [0.3, 0.4) is 0 Å². The molecule has 0 saturated heterocycles. The molecule has 2 heterocycles. The predicted molar refractivity (Wildman–Crippen MR) is 85.1 cm³/mol. The average molecular weight is 302 g/mol. The number of rotatable bonds is 6. The molecule has 1 N–H and O–H groups in total. The van der Waals surface area contributed by atoms with Gasteiger partial charge in [-0.05, 0) is 44.3 Å². The number of carboxylic acids is 1. The smallest absolute Gasteiger partial charge is 0.328 e. The van der Waals surface area contributed by atoms with E-state index in [4.69, 9.17) is 5.11 Å². The SMILES string of the molecule is Cc1cccc(CN(C)Cc2ccc(/C=C/C(=O)O)s2)n1. The first kappa shape index (κ1) is 15.4. The maximum atomic E-state index is 10.5. The van der Waals surface area contributed by atoms with Crippen LogP contribution in [0.15, 0.2) is 36.4 Å². The number of hydrogen-bond acceptors (Lipinski definition) is 4. The van der Waals surface area contributed by atoms with Crippen LogP contribution in [-0.4, -0.2) is 28.0 Å². The quantitative estimate of drug-likeness (QED) is 0.833. The molecule has 5 heteroatoms. The molecule has 0 aromatic carbocycles. The van der Waals surface area contributed by atoms with E-state index >= 15 is 0 Å². The van der Waals surface area contributed by atoms with Crippen LogP contribution in [-0.2, 0) is 17.9 Å². The Hall–Kier alpha value is -1.98. The van der Waals surface area contributed by atoms with Gasteiger partial charge in [0.1, 0.15) is 0 Å². The van der Waals surface area contributed by atoms with Gasteiger partial charge in [-0.25, -0.2) is 4.79 Å². The van der Waals surface area contributed by atoms with Crippen molar-refractivity contribution in [3.8, 4) is 0 Å². The summed E-state index contributed by atoms with van der Waals surface area (Å²) < 4.78 is 0. The van der Waals surface area contributed by atoms with Gasteiger partial charge in [0.15, 0.2) is 0 Å². The third-order valence-corrected chi connectivity index (χ3v) is 3.91. The van der Waals surface area contributed by atoms with Crippen molar-refractivity contribution in [2.24, 2.45) is 0 Å². The molecule has 0 saturated carbocycles. The van der Waals surface area contributed by atoms with Crippen LogP contribution >= 0.6 is 11.3 Å². The normalized spacial score (nSPS) is 11.4. The fourth-order valence-electron chi connectivity index (χ4n) is 2.01. The molecule has 0 fully saturated rings. The zero-order valence-corrected chi connectivity index (χ0v) is 12.9. The van der Waals surface area contributed by atoms with Crippen molar-refractivity contribution in [1.29, 1.82) is 0 Å². The topological polar surface area (TPSA) is 53.4 Å². The molecule has 0 bridgehead atoms. The van der Waals surface area contributed by atoms with Crippen molar-refractivity contribution in [1.82, 2.24) is 9.88 Å². The van der Waals surface area contributed by atoms with Gasteiger partial charge in [-0.1, -0.05) is 6.07 Å². The lowest BCUT2D eigenvalue weighted by Crippen LogP contribution is -2.17. The number of carboxylic acid groups (broad SMARTS) is 1. The fourth-order valence-corrected chi connectivity index (χ4v) is 3.00. The van der Waals surface area contributed by atoms with Crippen LogP contribution in [0.5, 0.6) is 0 Å². The van der Waals surface area contributed by atoms with Crippen LogP contribution in [0.2, 0.25) is 0 Å². The van der Waals surface area contributed by atoms with E-state index in [2.05, 4.69) is 16.9 Å². The highest BCUT2D eigenvalue weighted by Gasteiger charge is 2.05. The number of pyridine rings is 1. The minimum absolute atomic E-state index is 0.792. The summed E-state index contributed by atoms with van der Waals surface area (Å²) in [5, 5.41) is 8.62. The zero-order valence-electron chi connectivity index (χ0n) is 12.1. The molecule has 2 aromatic rings. The summed E-state index contributed by atoms with van der Waals surface area (Å²) in [6.07, 6.45) is 2.79. The summed E-state index contributed by atoms with van der Waals surface area (Å²) in [4.78, 5) is 19.3. The van der Waals surface area contributed by atoms with Gasteiger partial charge in [0.2, 0.25) is 0 Å². The van der Waals surface area contributed by atoms with Crippen LogP contribution < -0.4 is 0 Å². The summed E-state index contributed by atoms with van der Waals surface area (Å²) >= 11 is 1.60. The van der Waals surface area contributed by atoms with Crippen LogP contribution in [0.1, 0.15) is 21.1 Å². The molecular weight excluding hydrogens is 284 g/mol. The lowest BCUT2D eigenvalue weighted by Gasteiger charge is -2.15. The van der Waals surface area contributed by atoms with Gasteiger partial charge >= 0.3 is 5.97 Å². The first-order valence-electron chi connectivity index (χ1n) is 6.64. The van der Waals surface area contributed by atoms with E-state index in [1.165, 1.54) is 4.88 Å². The van der Waals surface area contributed by atoms with E-state index in [0.29, 0.717) is 0 Å². The van der Waals surface area contributed by atoms with Crippen LogP contribution in [0.25, 0.3) is 6.08 Å². The van der Waals surface area contributed by atoms with E-state index in [9.17, 15) is 4.79 Å². The molecule has 21 heavy (non-hydrogen) atoms. The number of aliphatic carboxylic acids is 1. The molecule has 0 aliphatic carbocycles. The van der Waals surface area contributed by atoms with E-state index < -0.39 is 5.97 Å². The van der Waals surface area contributed by atoms with Crippen molar-refractivity contribution in [3.63, 3.8) is 0 Å². The number of hydrogen-bond donors (Lipinski definition) is 1. The highest BCUT2D eigenvalue weighted by Crippen LogP contribution is 2.19. The summed E-state index contributed by atoms with van der Waals surface area (Å²) in [6, 6.07) is 10.0. The van der Waals surface area contributed by atoms with Gasteiger partial charge in [-0.3, -0.25) is 9.88 Å². The first-order chi connectivity index (χ1) is 10.0. The molecule has 0 aliphatic heterocycles. The maximum Gasteiger partial charge on any atom is 0.328 e. The molecule has 0 aliphatic rings. The Morgan fingerprint density at radius 2 is 2.14 bits per heavy atom. The molecule has 0 spiro atoms. The lowest BCUT2D eigenvalue weighted by atomic mass is 10.3. The van der Waals surface area contributed by atoms with Crippen molar-refractivity contribution in [3.05, 3.63) is 57.6 Å². The second kappa shape index (κ2) is 7.15. The van der Waals surface area contributed by atoms with Gasteiger partial charge in [0.25, 0.3) is 0 Å². The van der Waals surface area contributed by atoms with E-state index in [0.717, 1.165) is 35.4 Å². The van der Waals surface area contributed by atoms with Gasteiger partial charge < -0.3 is 5.11 Å². The monoisotopic (exact) mass is 302 g/mol. The van der Waals surface area contributed by atoms with Gasteiger partial charge in [-0.2, -0.15) is 0 Å². The second-order valence-corrected chi connectivity index (χ2v) is 6.12. The molecule has 0 amide bonds. The van der Waals surface area contributed by atoms with Gasteiger partial charge in [-0.15, -0.1) is 11.3 Å². The standard InChI is InChI=1S/C16H18N2O2S/c1-12-4-3-5-13(17-12)10-18(2)11-15-7-6-14(21-15)8-9-16(19)20/h3-9H,10-11H2,1-2H3,(H,19,20)/b9-8+. The first-order valence-corrected chi connectivity index (χ1v) is 7.45. The summed E-state index contributed by atoms with van der Waals surface area (Å²) in [7, 11) is 2.05. The molecule has 0 radical (unpaired) electrons. The number of aryl methyl sites for hydroxylation is 1. The molecule has 2 rings (SSSR count). The number of carbonyl (C=O) groups is 1. The highest BCUT2D eigenvalue weighted by atomic mass is 32.1. The van der Waals surface area contributed by atoms with Crippen molar-refractivity contribution < 1.29 is 9.90 Å². The number of thiophene rings is 1. The summed E-state index contributed by atoms with van der Waals surface area (Å²) in [5.41, 5.74) is 2.08. The number of nitrogens with zero attached hydrogens (tertiary/aromatic N) is 2. The third-order valence-electron chi connectivity index (χ3n) is 2.88. The Morgan fingerprint density at radius 3 is 2.86 bits per heavy atom. The largest absolute Gasteiger partial charge is 0.478 e. The predicted octanol–water partition coefficient (Wildman–Crippen LogP) is 3.18. The van der Waals surface area contributed by atoms with Gasteiger partial charge in [0, 0.05) is 34.6 Å². The fraction of sp³-hybridized carbons (Fsp3) is 0.250. The molecule has 0 atom stereocenters. The Kier molecular flexibility index (Phi) is 5.25. The molecular formula is C16H18N2O2S. The summed E-state index contributed by atoms with van der Waals surface area (Å²) in [6.45, 7) is 3.60. The Labute approximate surface area is 128 Å². The molecule has 110 valence electrons. The molecule has 0 unspecified atom stereocenters. The molecule has 2 aromatic heterocycles. The van der Waals surface area contributed by atoms with Crippen LogP contribution in [0, 0.1) is 6.92 Å². The van der Waals surface area contributed by atoms with Crippen molar-refractivity contribution in [2.45, 2.75) is 20.0 Å². The Balaban J connectivity index is 1.93. The van der Waals surface area contributed by atoms with E-state index in [1.54, 1.807) is 17.4 Å². The third kappa shape index (κ3) is 5.13. The summed E-state index contributed by atoms with van der Waals surface area (Å²) in [5.74, 6) is -0.924. The lowest BCUT2D eigenvalue weighted by molar-refractivity contribution is -0.131. The van der Waals surface area contributed by atoms with E-state index in [1.807, 2.05) is 37.3 Å². The Morgan fingerprint density at radius 1 is 1.33 bits per heavy atom.